The van der Waals surface area contributed by atoms with Crippen LogP contribution in [0.2, 0.25) is 0 Å². The summed E-state index contributed by atoms with van der Waals surface area (Å²) in [6.07, 6.45) is -0.236. The van der Waals surface area contributed by atoms with Crippen molar-refractivity contribution in [1.82, 2.24) is 10.6 Å². The van der Waals surface area contributed by atoms with Crippen LogP contribution in [0.1, 0.15) is 11.7 Å². The molecule has 0 amide bonds. The number of nitrogens with zero attached hydrogens (tertiary/aromatic N) is 1. The number of hydrogen-bond donors (Lipinski definition) is 3. The zero-order chi connectivity index (χ0) is 11.5. The maximum Gasteiger partial charge on any atom is 0.197 e. The van der Waals surface area contributed by atoms with E-state index in [4.69, 9.17) is 22.7 Å². The lowest BCUT2D eigenvalue weighted by Gasteiger charge is -2.23. The van der Waals surface area contributed by atoms with E-state index < -0.39 is 0 Å². The van der Waals surface area contributed by atoms with Crippen molar-refractivity contribution in [3.8, 4) is 5.75 Å². The first-order valence-corrected chi connectivity index (χ1v) is 5.14. The van der Waals surface area contributed by atoms with E-state index in [1.54, 1.807) is 7.11 Å². The molecule has 0 radical (unpaired) electrons. The van der Waals surface area contributed by atoms with Crippen LogP contribution >= 0.6 is 12.2 Å². The Morgan fingerprint density at radius 1 is 1.38 bits per heavy atom. The van der Waals surface area contributed by atoms with Gasteiger partial charge in [0.2, 0.25) is 0 Å². The third-order valence-electron chi connectivity index (χ3n) is 2.21. The molecule has 1 atom stereocenters. The highest BCUT2D eigenvalue weighted by atomic mass is 32.1. The smallest absolute Gasteiger partial charge is 0.197 e. The Hall–Kier alpha value is -1.82. The predicted octanol–water partition coefficient (Wildman–Crippen LogP) is 0.486. The van der Waals surface area contributed by atoms with Crippen molar-refractivity contribution in [3.05, 3.63) is 29.8 Å². The topological polar surface area (TPSA) is 71.7 Å². The van der Waals surface area contributed by atoms with Gasteiger partial charge in [-0.25, -0.2) is 4.99 Å². The van der Waals surface area contributed by atoms with Crippen molar-refractivity contribution >= 4 is 23.3 Å². The molecule has 1 aliphatic rings. The zero-order valence-electron chi connectivity index (χ0n) is 8.73. The Morgan fingerprint density at radius 3 is 2.62 bits per heavy atom. The number of hydrogen-bond acceptors (Lipinski definition) is 4. The molecule has 0 saturated carbocycles. The molecule has 4 N–H and O–H groups in total. The van der Waals surface area contributed by atoms with E-state index in [9.17, 15) is 0 Å². The molecule has 0 aliphatic carbocycles. The van der Waals surface area contributed by atoms with Crippen LogP contribution in [-0.2, 0) is 0 Å². The van der Waals surface area contributed by atoms with Gasteiger partial charge in [0.15, 0.2) is 11.1 Å². The maximum absolute atomic E-state index is 5.60. The van der Waals surface area contributed by atoms with Gasteiger partial charge in [0, 0.05) is 0 Å². The molecule has 0 bridgehead atoms. The fraction of sp³-hybridized carbons (Fsp3) is 0.200. The van der Waals surface area contributed by atoms with Crippen LogP contribution in [0.25, 0.3) is 0 Å². The molecule has 16 heavy (non-hydrogen) atoms. The summed E-state index contributed by atoms with van der Waals surface area (Å²) in [4.78, 5) is 4.20. The van der Waals surface area contributed by atoms with Crippen LogP contribution in [0, 0.1) is 0 Å². The molecule has 2 rings (SSSR count). The number of benzene rings is 1. The molecule has 1 aromatic rings. The molecule has 6 heteroatoms. The molecular formula is C10H12N4OS. The van der Waals surface area contributed by atoms with Crippen molar-refractivity contribution in [2.45, 2.75) is 6.17 Å². The zero-order valence-corrected chi connectivity index (χ0v) is 9.54. The summed E-state index contributed by atoms with van der Waals surface area (Å²) in [6, 6.07) is 7.57. The van der Waals surface area contributed by atoms with Crippen LogP contribution in [-0.4, -0.2) is 18.2 Å². The monoisotopic (exact) mass is 236 g/mol. The lowest BCUT2D eigenvalue weighted by Crippen LogP contribution is -2.49. The third kappa shape index (κ3) is 2.22. The number of guanidine groups is 1. The highest BCUT2D eigenvalue weighted by molar-refractivity contribution is 7.80. The average Bonchev–Trinajstić information content (AvgIpc) is 2.28. The highest BCUT2D eigenvalue weighted by Crippen LogP contribution is 2.19. The number of rotatable bonds is 2. The Kier molecular flexibility index (Phi) is 2.91. The summed E-state index contributed by atoms with van der Waals surface area (Å²) in [7, 11) is 1.63. The Bertz CT molecular complexity index is 429. The normalized spacial score (nSPS) is 19.4. The van der Waals surface area contributed by atoms with Crippen LogP contribution in [0.3, 0.4) is 0 Å². The van der Waals surface area contributed by atoms with Crippen LogP contribution in [0.15, 0.2) is 29.3 Å². The summed E-state index contributed by atoms with van der Waals surface area (Å²) < 4.78 is 5.08. The Balaban J connectivity index is 2.23. The summed E-state index contributed by atoms with van der Waals surface area (Å²) in [5.74, 6) is 1.13. The number of nitrogens with one attached hydrogen (secondary N) is 2. The van der Waals surface area contributed by atoms with Crippen LogP contribution < -0.4 is 21.1 Å². The van der Waals surface area contributed by atoms with E-state index in [1.165, 1.54) is 0 Å². The lowest BCUT2D eigenvalue weighted by molar-refractivity contribution is 0.414. The SMILES string of the molecule is COc1ccc([C@H]2N=C(N)NC(=S)N2)cc1. The minimum absolute atomic E-state index is 0.236. The molecule has 1 heterocycles. The second-order valence-electron chi connectivity index (χ2n) is 3.29. The van der Waals surface area contributed by atoms with Gasteiger partial charge in [0.25, 0.3) is 0 Å². The molecule has 1 aromatic carbocycles. The van der Waals surface area contributed by atoms with E-state index in [2.05, 4.69) is 15.6 Å². The van der Waals surface area contributed by atoms with Gasteiger partial charge in [-0.3, -0.25) is 0 Å². The number of nitrogens with two attached hydrogens (primary N) is 1. The van der Waals surface area contributed by atoms with Crippen molar-refractivity contribution in [2.24, 2.45) is 10.7 Å². The fourth-order valence-corrected chi connectivity index (χ4v) is 1.64. The van der Waals surface area contributed by atoms with Gasteiger partial charge in [0.1, 0.15) is 11.9 Å². The highest BCUT2D eigenvalue weighted by Gasteiger charge is 2.16. The molecule has 0 aromatic heterocycles. The fourth-order valence-electron chi connectivity index (χ4n) is 1.42. The predicted molar refractivity (Wildman–Crippen MR) is 66.2 cm³/mol. The molecule has 5 nitrogen and oxygen atoms in total. The number of methoxy groups -OCH3 is 1. The van der Waals surface area contributed by atoms with Gasteiger partial charge in [-0.1, -0.05) is 12.1 Å². The van der Waals surface area contributed by atoms with Gasteiger partial charge in [-0.2, -0.15) is 0 Å². The first kappa shape index (κ1) is 10.7. The summed E-state index contributed by atoms with van der Waals surface area (Å²) in [6.45, 7) is 0. The summed E-state index contributed by atoms with van der Waals surface area (Å²) >= 11 is 5.00. The minimum Gasteiger partial charge on any atom is -0.497 e. The third-order valence-corrected chi connectivity index (χ3v) is 2.43. The van der Waals surface area contributed by atoms with Gasteiger partial charge in [0.05, 0.1) is 7.11 Å². The van der Waals surface area contributed by atoms with E-state index in [1.807, 2.05) is 24.3 Å². The molecule has 0 spiro atoms. The van der Waals surface area contributed by atoms with Gasteiger partial charge in [-0.15, -0.1) is 0 Å². The van der Waals surface area contributed by atoms with Crippen molar-refractivity contribution < 1.29 is 4.74 Å². The molecule has 1 aliphatic heterocycles. The molecule has 0 unspecified atom stereocenters. The minimum atomic E-state index is -0.236. The van der Waals surface area contributed by atoms with E-state index in [0.29, 0.717) is 11.1 Å². The molecule has 84 valence electrons. The van der Waals surface area contributed by atoms with Crippen LogP contribution in [0.4, 0.5) is 0 Å². The standard InChI is InChI=1S/C10H12N4OS/c1-15-7-4-2-6(3-5-7)8-12-9(11)14-10(16)13-8/h2-5,8H,1H3,(H4,11,12,13,14,16)/t8-/m0/s1. The summed E-state index contributed by atoms with van der Waals surface area (Å²) in [5, 5.41) is 6.22. The van der Waals surface area contributed by atoms with Crippen LogP contribution in [0.5, 0.6) is 5.75 Å². The molecular weight excluding hydrogens is 224 g/mol. The van der Waals surface area contributed by atoms with Gasteiger partial charge < -0.3 is 21.1 Å². The van der Waals surface area contributed by atoms with E-state index in [0.717, 1.165) is 11.3 Å². The lowest BCUT2D eigenvalue weighted by atomic mass is 10.1. The largest absolute Gasteiger partial charge is 0.497 e. The van der Waals surface area contributed by atoms with Gasteiger partial charge >= 0.3 is 0 Å². The van der Waals surface area contributed by atoms with Crippen molar-refractivity contribution in [1.29, 1.82) is 0 Å². The summed E-state index contributed by atoms with van der Waals surface area (Å²) in [5.41, 5.74) is 6.57. The quantitative estimate of drug-likeness (QED) is 0.652. The van der Waals surface area contributed by atoms with Gasteiger partial charge in [-0.05, 0) is 29.9 Å². The maximum atomic E-state index is 5.60. The number of aliphatic imine (C=N–C) groups is 1. The number of thiocarbonyl (C=S) groups is 1. The van der Waals surface area contributed by atoms with Crippen molar-refractivity contribution in [2.75, 3.05) is 7.11 Å². The average molecular weight is 236 g/mol. The molecule has 0 saturated heterocycles. The number of ether oxygens (including phenoxy) is 1. The Labute approximate surface area is 98.7 Å². The van der Waals surface area contributed by atoms with Crippen molar-refractivity contribution in [3.63, 3.8) is 0 Å². The second-order valence-corrected chi connectivity index (χ2v) is 3.70. The molecule has 0 fully saturated rings. The van der Waals surface area contributed by atoms with E-state index >= 15 is 0 Å². The first-order chi connectivity index (χ1) is 7.69. The van der Waals surface area contributed by atoms with E-state index in [-0.39, 0.29) is 6.17 Å². The second kappa shape index (κ2) is 4.36. The Morgan fingerprint density at radius 2 is 2.06 bits per heavy atom. The first-order valence-electron chi connectivity index (χ1n) is 4.74.